The number of hydrogen-bond donors (Lipinski definition) is 0. The number of ether oxygens (including phenoxy) is 2. The van der Waals surface area contributed by atoms with Crippen LogP contribution in [-0.2, 0) is 31.1 Å². The predicted octanol–water partition coefficient (Wildman–Crippen LogP) is 3.72. The van der Waals surface area contributed by atoms with Crippen LogP contribution in [0.15, 0.2) is 72.8 Å². The molecule has 0 N–H and O–H groups in total. The van der Waals surface area contributed by atoms with Gasteiger partial charge >= 0.3 is 59.1 Å². The van der Waals surface area contributed by atoms with Gasteiger partial charge in [-0.1, -0.05) is 89.8 Å². The molecule has 6 rings (SSSR count). The van der Waals surface area contributed by atoms with Gasteiger partial charge in [0.25, 0.3) is 0 Å². The van der Waals surface area contributed by atoms with E-state index in [1.165, 1.54) is 55.6 Å². The van der Waals surface area contributed by atoms with E-state index in [9.17, 15) is 25.9 Å². The molecule has 0 heterocycles. The average Bonchev–Trinajstić information content (AvgIpc) is 3.54. The number of fused-ring (bicyclic) bond motifs is 6. The Morgan fingerprint density at radius 2 is 0.786 bits per heavy atom. The fourth-order valence-corrected chi connectivity index (χ4v) is 10.3. The molecule has 0 bridgehead atoms. The summed E-state index contributed by atoms with van der Waals surface area (Å²) in [6.07, 6.45) is 8.25. The Hall–Kier alpha value is -1.70. The second-order valence-corrected chi connectivity index (χ2v) is 18.1. The molecule has 0 fully saturated rings. The fraction of sp³-hybridized carbons (Fsp3) is 0.455. The van der Waals surface area contributed by atoms with Gasteiger partial charge in [-0.15, -0.1) is 0 Å². The minimum atomic E-state index is -4.28. The molecule has 2 aliphatic rings. The topological polar surface area (TPSA) is 133 Å². The van der Waals surface area contributed by atoms with E-state index in [1.807, 2.05) is 12.1 Å². The maximum atomic E-state index is 11.1. The van der Waals surface area contributed by atoms with E-state index in [4.69, 9.17) is 9.47 Å². The first-order chi connectivity index (χ1) is 25.8. The van der Waals surface area contributed by atoms with Crippen molar-refractivity contribution in [3.05, 3.63) is 95.1 Å². The molecule has 0 atom stereocenters. The van der Waals surface area contributed by atoms with Crippen molar-refractivity contribution < 1.29 is 94.5 Å². The Kier molecular flexibility index (Phi) is 16.4. The first-order valence-electron chi connectivity index (χ1n) is 19.5. The molecule has 0 amide bonds. The summed E-state index contributed by atoms with van der Waals surface area (Å²) in [6, 6.07) is 26.2. The SMILES string of the molecule is CCCC1(CCC)c2cc(OCCCS(=O)(=O)[O-])ccc2-c2ccc(-c3ccc4c(c3)C(CCC)(CCC)c3cc(OCCCS(=O)(=O)[O-])ccc3-4)cc21.[Na+].[Na+]. The predicted molar refractivity (Wildman–Crippen MR) is 213 cm³/mol. The van der Waals surface area contributed by atoms with Gasteiger partial charge < -0.3 is 18.6 Å². The fourth-order valence-electron chi connectivity index (χ4n) is 9.37. The summed E-state index contributed by atoms with van der Waals surface area (Å²) in [7, 11) is -8.57. The van der Waals surface area contributed by atoms with Crippen LogP contribution in [0.5, 0.6) is 11.5 Å². The van der Waals surface area contributed by atoms with Gasteiger partial charge in [-0.25, -0.2) is 16.8 Å². The van der Waals surface area contributed by atoms with Crippen LogP contribution in [-0.4, -0.2) is 50.7 Å². The summed E-state index contributed by atoms with van der Waals surface area (Å²) < 4.78 is 78.7. The molecular formula is C44H52Na2O8S2. The van der Waals surface area contributed by atoms with Gasteiger partial charge in [0.05, 0.1) is 33.5 Å². The Labute approximate surface area is 378 Å². The summed E-state index contributed by atoms with van der Waals surface area (Å²) >= 11 is 0. The van der Waals surface area contributed by atoms with Crippen LogP contribution in [0, 0.1) is 0 Å². The molecule has 4 aromatic carbocycles. The second kappa shape index (κ2) is 19.6. The molecular weight excluding hydrogens is 767 g/mol. The zero-order valence-electron chi connectivity index (χ0n) is 33.9. The number of benzene rings is 4. The molecule has 0 aromatic heterocycles. The summed E-state index contributed by atoms with van der Waals surface area (Å²) in [6.45, 7) is 9.25. The molecule has 2 aliphatic carbocycles. The smallest absolute Gasteiger partial charge is 0.748 e. The number of hydrogen-bond acceptors (Lipinski definition) is 8. The van der Waals surface area contributed by atoms with Crippen LogP contribution < -0.4 is 68.6 Å². The third-order valence-electron chi connectivity index (χ3n) is 11.3. The summed E-state index contributed by atoms with van der Waals surface area (Å²) in [4.78, 5) is 0. The van der Waals surface area contributed by atoms with Crippen molar-refractivity contribution in [1.82, 2.24) is 0 Å². The maximum absolute atomic E-state index is 11.1. The van der Waals surface area contributed by atoms with Crippen molar-refractivity contribution in [2.75, 3.05) is 24.7 Å². The molecule has 0 saturated carbocycles. The van der Waals surface area contributed by atoms with Crippen molar-refractivity contribution in [2.24, 2.45) is 0 Å². The van der Waals surface area contributed by atoms with E-state index >= 15 is 0 Å². The third kappa shape index (κ3) is 9.83. The molecule has 0 unspecified atom stereocenters. The summed E-state index contributed by atoms with van der Waals surface area (Å²) in [5, 5.41) is 0. The van der Waals surface area contributed by atoms with Crippen LogP contribution in [0.2, 0.25) is 0 Å². The monoisotopic (exact) mass is 818 g/mol. The molecule has 12 heteroatoms. The van der Waals surface area contributed by atoms with Gasteiger partial charge in [0, 0.05) is 22.3 Å². The minimum Gasteiger partial charge on any atom is -0.748 e. The van der Waals surface area contributed by atoms with E-state index in [-0.39, 0.29) is 96.0 Å². The van der Waals surface area contributed by atoms with Gasteiger partial charge in [-0.3, -0.25) is 0 Å². The van der Waals surface area contributed by atoms with E-state index in [0.717, 1.165) is 51.4 Å². The zero-order valence-corrected chi connectivity index (χ0v) is 39.5. The zero-order chi connectivity index (χ0) is 38.7. The van der Waals surface area contributed by atoms with Crippen molar-refractivity contribution >= 4 is 20.2 Å². The van der Waals surface area contributed by atoms with Crippen LogP contribution in [0.1, 0.15) is 114 Å². The minimum absolute atomic E-state index is 0. The van der Waals surface area contributed by atoms with Crippen molar-refractivity contribution in [2.45, 2.75) is 103 Å². The largest absolute Gasteiger partial charge is 1.00 e. The molecule has 0 saturated heterocycles. The van der Waals surface area contributed by atoms with Crippen LogP contribution in [0.4, 0.5) is 0 Å². The van der Waals surface area contributed by atoms with Gasteiger partial charge in [0.15, 0.2) is 0 Å². The third-order valence-corrected chi connectivity index (χ3v) is 12.9. The second-order valence-electron chi connectivity index (χ2n) is 15.0. The molecule has 0 radical (unpaired) electrons. The van der Waals surface area contributed by atoms with Gasteiger partial charge in [-0.2, -0.15) is 0 Å². The average molecular weight is 819 g/mol. The molecule has 0 spiro atoms. The van der Waals surface area contributed by atoms with E-state index in [1.54, 1.807) is 0 Å². The quantitative estimate of drug-likeness (QED) is 0.0796. The standard InChI is InChI=1S/C44H54O8S2.2Na/c1-5-19-43(20-6-2)39-27-31(11-15-35(39)37-17-13-33(29-41(37)43)51-23-9-25-53(45,46)47)32-12-16-36-38-18-14-34(52-24-10-26-54(48,49)50)30-42(38)44(21-7-3,22-8-4)40(36)28-32;;/h11-18,27-30H,5-10,19-26H2,1-4H3,(H,45,46,47)(H,48,49,50);;/q;2*+1/p-2. The van der Waals surface area contributed by atoms with E-state index < -0.39 is 31.7 Å². The van der Waals surface area contributed by atoms with Crippen molar-refractivity contribution in [1.29, 1.82) is 0 Å². The van der Waals surface area contributed by atoms with Gasteiger partial charge in [-0.05, 0) is 131 Å². The van der Waals surface area contributed by atoms with Crippen LogP contribution in [0.3, 0.4) is 0 Å². The first-order valence-corrected chi connectivity index (χ1v) is 22.7. The Morgan fingerprint density at radius 3 is 1.09 bits per heavy atom. The summed E-state index contributed by atoms with van der Waals surface area (Å²) in [5.74, 6) is 0.494. The maximum Gasteiger partial charge on any atom is 1.00 e. The molecule has 56 heavy (non-hydrogen) atoms. The molecule has 290 valence electrons. The van der Waals surface area contributed by atoms with Crippen molar-refractivity contribution in [3.8, 4) is 44.9 Å². The molecule has 0 aliphatic heterocycles. The number of rotatable bonds is 19. The first kappa shape index (κ1) is 47.0. The van der Waals surface area contributed by atoms with Crippen LogP contribution in [0.25, 0.3) is 33.4 Å². The van der Waals surface area contributed by atoms with Crippen molar-refractivity contribution in [3.63, 3.8) is 0 Å². The Balaban J connectivity index is 0.00000348. The van der Waals surface area contributed by atoms with Crippen LogP contribution >= 0.6 is 0 Å². The van der Waals surface area contributed by atoms with E-state index in [2.05, 4.69) is 88.4 Å². The Bertz CT molecular complexity index is 2050. The molecule has 8 nitrogen and oxygen atoms in total. The summed E-state index contributed by atoms with van der Waals surface area (Å²) in [5.41, 5.74) is 12.0. The normalized spacial score (nSPS) is 14.5. The van der Waals surface area contributed by atoms with E-state index in [0.29, 0.717) is 11.5 Å². The van der Waals surface area contributed by atoms with Gasteiger partial charge in [0.1, 0.15) is 11.5 Å². The van der Waals surface area contributed by atoms with Gasteiger partial charge in [0.2, 0.25) is 0 Å². The Morgan fingerprint density at radius 1 is 0.482 bits per heavy atom. The molecule has 4 aromatic rings.